The Bertz CT molecular complexity index is 1190. The minimum atomic E-state index is -0.346. The van der Waals surface area contributed by atoms with Crippen molar-refractivity contribution in [2.75, 3.05) is 16.0 Å². The zero-order chi connectivity index (χ0) is 22.2. The first kappa shape index (κ1) is 20.7. The van der Waals surface area contributed by atoms with E-state index in [-0.39, 0.29) is 41.9 Å². The Labute approximate surface area is 189 Å². The van der Waals surface area contributed by atoms with Gasteiger partial charge in [-0.05, 0) is 44.0 Å². The molecule has 2 heterocycles. The van der Waals surface area contributed by atoms with Crippen LogP contribution < -0.4 is 10.2 Å². The Kier molecular flexibility index (Phi) is 5.42. The molecule has 7 nitrogen and oxygen atoms in total. The number of benzene rings is 2. The van der Waals surface area contributed by atoms with Crippen LogP contribution in [0.2, 0.25) is 0 Å². The summed E-state index contributed by atoms with van der Waals surface area (Å²) in [5.74, 6) is 0.0419. The first-order chi connectivity index (χ1) is 15.5. The third kappa shape index (κ3) is 3.88. The highest BCUT2D eigenvalue weighted by Gasteiger charge is 2.33. The largest absolute Gasteiger partial charge is 0.324 e. The van der Waals surface area contributed by atoms with Crippen LogP contribution in [0, 0.1) is 5.82 Å². The molecule has 164 valence electrons. The van der Waals surface area contributed by atoms with Crippen molar-refractivity contribution >= 4 is 35.0 Å². The molecule has 0 unspecified atom stereocenters. The van der Waals surface area contributed by atoms with E-state index in [9.17, 15) is 14.0 Å². The second-order valence-corrected chi connectivity index (χ2v) is 9.00. The molecule has 1 fully saturated rings. The molecule has 1 atom stereocenters. The van der Waals surface area contributed by atoms with Gasteiger partial charge in [-0.2, -0.15) is 0 Å². The highest BCUT2D eigenvalue weighted by Crippen LogP contribution is 2.41. The Morgan fingerprint density at radius 1 is 1.16 bits per heavy atom. The summed E-state index contributed by atoms with van der Waals surface area (Å²) in [7, 11) is 0. The minimum absolute atomic E-state index is 0.115. The number of carbonyl (C=O) groups is 2. The van der Waals surface area contributed by atoms with Crippen LogP contribution in [0.15, 0.2) is 53.7 Å². The number of fused-ring (bicyclic) bond motifs is 1. The average molecular weight is 452 g/mol. The van der Waals surface area contributed by atoms with Gasteiger partial charge in [0.1, 0.15) is 5.82 Å². The lowest BCUT2D eigenvalue weighted by molar-refractivity contribution is -0.117. The Morgan fingerprint density at radius 3 is 2.69 bits per heavy atom. The van der Waals surface area contributed by atoms with Crippen molar-refractivity contribution in [1.82, 2.24) is 14.8 Å². The van der Waals surface area contributed by atoms with Gasteiger partial charge in [0, 0.05) is 18.5 Å². The maximum atomic E-state index is 14.4. The van der Waals surface area contributed by atoms with Crippen molar-refractivity contribution < 1.29 is 14.0 Å². The molecular weight excluding hydrogens is 429 g/mol. The van der Waals surface area contributed by atoms with E-state index in [1.165, 1.54) is 17.8 Å². The number of nitrogens with zero attached hydrogens (tertiary/aromatic N) is 4. The molecule has 9 heteroatoms. The number of carbonyl (C=O) groups excluding carboxylic acids is 2. The SMILES string of the molecule is C[C@H]1CC(=O)Nc2ccccc2N1C(=O)CSc1nnc(-c2ccccc2F)n1C1CC1. The zero-order valence-corrected chi connectivity index (χ0v) is 18.3. The lowest BCUT2D eigenvalue weighted by Gasteiger charge is -2.27. The molecule has 32 heavy (non-hydrogen) atoms. The summed E-state index contributed by atoms with van der Waals surface area (Å²) in [6.07, 6.45) is 2.18. The monoisotopic (exact) mass is 451 g/mol. The predicted octanol–water partition coefficient (Wildman–Crippen LogP) is 4.28. The molecule has 2 amide bonds. The van der Waals surface area contributed by atoms with Crippen LogP contribution in [-0.2, 0) is 9.59 Å². The van der Waals surface area contributed by atoms with E-state index in [0.717, 1.165) is 12.8 Å². The molecule has 1 saturated carbocycles. The van der Waals surface area contributed by atoms with Gasteiger partial charge in [-0.3, -0.25) is 14.2 Å². The number of rotatable bonds is 5. The third-order valence-corrected chi connectivity index (χ3v) is 6.57. The molecule has 2 aliphatic rings. The molecule has 5 rings (SSSR count). The van der Waals surface area contributed by atoms with Gasteiger partial charge in [-0.1, -0.05) is 36.0 Å². The molecule has 1 aliphatic heterocycles. The van der Waals surface area contributed by atoms with Gasteiger partial charge >= 0.3 is 0 Å². The van der Waals surface area contributed by atoms with E-state index >= 15 is 0 Å². The van der Waals surface area contributed by atoms with Gasteiger partial charge in [-0.25, -0.2) is 4.39 Å². The third-order valence-electron chi connectivity index (χ3n) is 5.64. The summed E-state index contributed by atoms with van der Waals surface area (Å²) < 4.78 is 16.3. The van der Waals surface area contributed by atoms with Crippen molar-refractivity contribution in [2.24, 2.45) is 0 Å². The van der Waals surface area contributed by atoms with Crippen molar-refractivity contribution in [3.63, 3.8) is 0 Å². The summed E-state index contributed by atoms with van der Waals surface area (Å²) in [4.78, 5) is 27.1. The first-order valence-corrected chi connectivity index (χ1v) is 11.5. The average Bonchev–Trinajstić information content (AvgIpc) is 3.54. The maximum absolute atomic E-state index is 14.4. The summed E-state index contributed by atoms with van der Waals surface area (Å²) >= 11 is 1.29. The van der Waals surface area contributed by atoms with Crippen LogP contribution in [0.25, 0.3) is 11.4 Å². The van der Waals surface area contributed by atoms with Gasteiger partial charge in [0.15, 0.2) is 11.0 Å². The topological polar surface area (TPSA) is 80.1 Å². The van der Waals surface area contributed by atoms with Crippen molar-refractivity contribution in [3.8, 4) is 11.4 Å². The maximum Gasteiger partial charge on any atom is 0.237 e. The van der Waals surface area contributed by atoms with Crippen molar-refractivity contribution in [1.29, 1.82) is 0 Å². The molecule has 0 spiro atoms. The fourth-order valence-electron chi connectivity index (χ4n) is 4.03. The number of thioether (sulfide) groups is 1. The fraction of sp³-hybridized carbons (Fsp3) is 0.304. The highest BCUT2D eigenvalue weighted by atomic mass is 32.2. The number of amides is 2. The quantitative estimate of drug-likeness (QED) is 0.586. The number of anilines is 2. The van der Waals surface area contributed by atoms with Gasteiger partial charge in [-0.15, -0.1) is 10.2 Å². The van der Waals surface area contributed by atoms with Gasteiger partial charge < -0.3 is 10.2 Å². The summed E-state index contributed by atoms with van der Waals surface area (Å²) in [5, 5.41) is 12.0. The van der Waals surface area contributed by atoms with Gasteiger partial charge in [0.05, 0.1) is 22.7 Å². The lowest BCUT2D eigenvalue weighted by Crippen LogP contribution is -2.40. The van der Waals surface area contributed by atoms with E-state index in [1.54, 1.807) is 29.2 Å². The van der Waals surface area contributed by atoms with E-state index in [2.05, 4.69) is 15.5 Å². The van der Waals surface area contributed by atoms with Gasteiger partial charge in [0.2, 0.25) is 11.8 Å². The summed E-state index contributed by atoms with van der Waals surface area (Å²) in [6, 6.07) is 13.8. The predicted molar refractivity (Wildman–Crippen MR) is 121 cm³/mol. The van der Waals surface area contributed by atoms with E-state index in [4.69, 9.17) is 0 Å². The summed E-state index contributed by atoms with van der Waals surface area (Å²) in [5.41, 5.74) is 1.72. The van der Waals surface area contributed by atoms with Crippen LogP contribution in [-0.4, -0.2) is 38.4 Å². The Balaban J connectivity index is 1.40. The fourth-order valence-corrected chi connectivity index (χ4v) is 4.89. The van der Waals surface area contributed by atoms with E-state index < -0.39 is 0 Å². The standard InChI is InChI=1S/C23H22FN5O2S/c1-14-12-20(30)25-18-8-4-5-9-19(18)28(14)21(31)13-32-23-27-26-22(29(23)15-10-11-15)16-6-2-3-7-17(16)24/h2-9,14-15H,10-13H2,1H3,(H,25,30)/t14-/m0/s1. The van der Waals surface area contributed by atoms with Crippen molar-refractivity contribution in [2.45, 2.75) is 43.4 Å². The number of nitrogens with one attached hydrogen (secondary N) is 1. The number of hydrogen-bond donors (Lipinski definition) is 1. The Hall–Kier alpha value is -3.20. The molecule has 1 aliphatic carbocycles. The van der Waals surface area contributed by atoms with Crippen LogP contribution >= 0.6 is 11.8 Å². The second-order valence-electron chi connectivity index (χ2n) is 8.06. The summed E-state index contributed by atoms with van der Waals surface area (Å²) in [6.45, 7) is 1.87. The molecule has 1 N–H and O–H groups in total. The zero-order valence-electron chi connectivity index (χ0n) is 17.5. The molecule has 1 aromatic heterocycles. The number of hydrogen-bond acceptors (Lipinski definition) is 5. The highest BCUT2D eigenvalue weighted by molar-refractivity contribution is 7.99. The smallest absolute Gasteiger partial charge is 0.237 e. The van der Waals surface area contributed by atoms with E-state index in [1.807, 2.05) is 29.7 Å². The Morgan fingerprint density at radius 2 is 1.91 bits per heavy atom. The number of para-hydroxylation sites is 2. The molecule has 0 radical (unpaired) electrons. The minimum Gasteiger partial charge on any atom is -0.324 e. The number of halogens is 1. The van der Waals surface area contributed by atoms with Crippen LogP contribution in [0.3, 0.4) is 0 Å². The van der Waals surface area contributed by atoms with Crippen LogP contribution in [0.1, 0.15) is 32.2 Å². The normalized spacial score (nSPS) is 18.1. The first-order valence-electron chi connectivity index (χ1n) is 10.6. The molecule has 0 bridgehead atoms. The molecule has 3 aromatic rings. The molecule has 0 saturated heterocycles. The lowest BCUT2D eigenvalue weighted by atomic mass is 10.2. The van der Waals surface area contributed by atoms with Crippen LogP contribution in [0.5, 0.6) is 0 Å². The number of aromatic nitrogens is 3. The van der Waals surface area contributed by atoms with E-state index in [0.29, 0.717) is 27.9 Å². The van der Waals surface area contributed by atoms with Crippen molar-refractivity contribution in [3.05, 3.63) is 54.3 Å². The van der Waals surface area contributed by atoms with Crippen LogP contribution in [0.4, 0.5) is 15.8 Å². The van der Waals surface area contributed by atoms with Gasteiger partial charge in [0.25, 0.3) is 0 Å². The molecule has 2 aromatic carbocycles. The second kappa shape index (κ2) is 8.38. The molecular formula is C23H22FN5O2S.